The van der Waals surface area contributed by atoms with Crippen LogP contribution in [0.2, 0.25) is 5.15 Å². The molecule has 2 aromatic rings. The smallest absolute Gasteiger partial charge is 0.269 e. The molecule has 0 radical (unpaired) electrons. The number of amides is 1. The lowest BCUT2D eigenvalue weighted by Gasteiger charge is -2.38. The van der Waals surface area contributed by atoms with E-state index >= 15 is 0 Å². The van der Waals surface area contributed by atoms with E-state index in [9.17, 15) is 9.59 Å². The third-order valence-electron chi connectivity index (χ3n) is 6.07. The van der Waals surface area contributed by atoms with E-state index in [1.54, 1.807) is 19.3 Å². The SMILES string of the molecule is CCc1cnc(C2=CC(N3CCN(c4ccc(C(=O)NC)nc4Cl)CC3)CC2)[nH]c1=O. The Hall–Kier alpha value is -2.71. The second-order valence-electron chi connectivity index (χ2n) is 7.85. The number of nitrogens with zero attached hydrogens (tertiary/aromatic N) is 4. The van der Waals surface area contributed by atoms with Crippen LogP contribution in [0.5, 0.6) is 0 Å². The molecule has 2 aliphatic rings. The monoisotopic (exact) mass is 442 g/mol. The summed E-state index contributed by atoms with van der Waals surface area (Å²) in [7, 11) is 1.57. The van der Waals surface area contributed by atoms with Gasteiger partial charge in [0, 0.05) is 51.0 Å². The van der Waals surface area contributed by atoms with Gasteiger partial charge in [-0.3, -0.25) is 14.5 Å². The number of carbonyl (C=O) groups excluding carboxylic acids is 1. The molecule has 31 heavy (non-hydrogen) atoms. The Labute approximate surface area is 186 Å². The number of pyridine rings is 1. The second kappa shape index (κ2) is 9.20. The van der Waals surface area contributed by atoms with Crippen molar-refractivity contribution < 1.29 is 4.79 Å². The van der Waals surface area contributed by atoms with Crippen molar-refractivity contribution in [1.29, 1.82) is 0 Å². The predicted octanol–water partition coefficient (Wildman–Crippen LogP) is 2.11. The van der Waals surface area contributed by atoms with Gasteiger partial charge in [0.05, 0.1) is 5.69 Å². The summed E-state index contributed by atoms with van der Waals surface area (Å²) in [4.78, 5) is 40.1. The number of aromatic nitrogens is 3. The molecule has 2 aromatic heterocycles. The molecule has 3 heterocycles. The van der Waals surface area contributed by atoms with Gasteiger partial charge in [0.1, 0.15) is 11.5 Å². The van der Waals surface area contributed by atoms with Crippen molar-refractivity contribution in [2.24, 2.45) is 0 Å². The fourth-order valence-corrected chi connectivity index (χ4v) is 4.51. The Morgan fingerprint density at radius 3 is 2.71 bits per heavy atom. The van der Waals surface area contributed by atoms with E-state index in [2.05, 4.69) is 36.1 Å². The van der Waals surface area contributed by atoms with E-state index in [1.165, 1.54) is 0 Å². The Morgan fingerprint density at radius 1 is 1.29 bits per heavy atom. The summed E-state index contributed by atoms with van der Waals surface area (Å²) in [5.41, 5.74) is 2.96. The van der Waals surface area contributed by atoms with Crippen LogP contribution in [0, 0.1) is 0 Å². The molecule has 0 spiro atoms. The van der Waals surface area contributed by atoms with Crippen LogP contribution in [0.1, 0.15) is 41.6 Å². The maximum atomic E-state index is 12.1. The lowest BCUT2D eigenvalue weighted by atomic mass is 10.2. The van der Waals surface area contributed by atoms with Crippen molar-refractivity contribution >= 4 is 28.8 Å². The van der Waals surface area contributed by atoms with Crippen LogP contribution in [-0.4, -0.2) is 65.0 Å². The zero-order valence-electron chi connectivity index (χ0n) is 17.8. The molecule has 2 N–H and O–H groups in total. The van der Waals surface area contributed by atoms with E-state index in [0.717, 1.165) is 50.3 Å². The highest BCUT2D eigenvalue weighted by Crippen LogP contribution is 2.30. The third kappa shape index (κ3) is 4.50. The molecule has 4 rings (SSSR count). The summed E-state index contributed by atoms with van der Waals surface area (Å²) in [6, 6.07) is 3.92. The summed E-state index contributed by atoms with van der Waals surface area (Å²) in [6.45, 7) is 5.43. The number of halogens is 1. The first kappa shape index (κ1) is 21.5. The lowest BCUT2D eigenvalue weighted by molar-refractivity contribution is 0.0958. The fourth-order valence-electron chi connectivity index (χ4n) is 4.24. The minimum atomic E-state index is -0.248. The van der Waals surface area contributed by atoms with Gasteiger partial charge in [-0.25, -0.2) is 9.97 Å². The van der Waals surface area contributed by atoms with Crippen molar-refractivity contribution in [2.75, 3.05) is 38.1 Å². The first-order valence-corrected chi connectivity index (χ1v) is 11.0. The number of piperazine rings is 1. The minimum Gasteiger partial charge on any atom is -0.366 e. The summed E-state index contributed by atoms with van der Waals surface area (Å²) in [6.07, 6.45) is 6.55. The molecule has 9 heteroatoms. The Morgan fingerprint density at radius 2 is 2.06 bits per heavy atom. The third-order valence-corrected chi connectivity index (χ3v) is 6.35. The quantitative estimate of drug-likeness (QED) is 0.689. The number of H-pyrrole nitrogens is 1. The van der Waals surface area contributed by atoms with Crippen molar-refractivity contribution in [3.8, 4) is 0 Å². The number of carbonyl (C=O) groups is 1. The van der Waals surface area contributed by atoms with Crippen molar-refractivity contribution in [2.45, 2.75) is 32.2 Å². The first-order chi connectivity index (χ1) is 15.0. The van der Waals surface area contributed by atoms with Crippen LogP contribution in [0.4, 0.5) is 5.69 Å². The fraction of sp³-hybridized carbons (Fsp3) is 0.455. The van der Waals surface area contributed by atoms with E-state index in [-0.39, 0.29) is 11.5 Å². The van der Waals surface area contributed by atoms with Crippen LogP contribution >= 0.6 is 11.6 Å². The predicted molar refractivity (Wildman–Crippen MR) is 122 cm³/mol. The lowest BCUT2D eigenvalue weighted by Crippen LogP contribution is -2.49. The molecule has 1 unspecified atom stereocenters. The Kier molecular flexibility index (Phi) is 6.38. The number of rotatable bonds is 5. The summed E-state index contributed by atoms with van der Waals surface area (Å²) >= 11 is 6.36. The van der Waals surface area contributed by atoms with Gasteiger partial charge in [0.2, 0.25) is 0 Å². The number of hydrogen-bond acceptors (Lipinski definition) is 6. The van der Waals surface area contributed by atoms with Crippen LogP contribution in [0.3, 0.4) is 0 Å². The highest BCUT2D eigenvalue weighted by Gasteiger charge is 2.28. The molecule has 1 aliphatic heterocycles. The molecule has 1 saturated heterocycles. The first-order valence-electron chi connectivity index (χ1n) is 10.7. The molecule has 0 aromatic carbocycles. The zero-order chi connectivity index (χ0) is 22.0. The van der Waals surface area contributed by atoms with Crippen LogP contribution in [0.25, 0.3) is 5.57 Å². The topological polar surface area (TPSA) is 94.2 Å². The molecule has 1 amide bonds. The molecule has 1 atom stereocenters. The minimum absolute atomic E-state index is 0.0432. The highest BCUT2D eigenvalue weighted by atomic mass is 35.5. The number of nitrogens with one attached hydrogen (secondary N) is 2. The second-order valence-corrected chi connectivity index (χ2v) is 8.20. The van der Waals surface area contributed by atoms with Gasteiger partial charge in [-0.15, -0.1) is 0 Å². The molecule has 164 valence electrons. The van der Waals surface area contributed by atoms with Gasteiger partial charge < -0.3 is 15.2 Å². The molecule has 1 fully saturated rings. The van der Waals surface area contributed by atoms with Crippen molar-refractivity contribution in [3.05, 3.63) is 57.0 Å². The van der Waals surface area contributed by atoms with E-state index in [1.807, 2.05) is 13.0 Å². The van der Waals surface area contributed by atoms with Crippen LogP contribution in [-0.2, 0) is 6.42 Å². The normalized spacial score (nSPS) is 19.4. The zero-order valence-corrected chi connectivity index (χ0v) is 18.6. The molecule has 8 nitrogen and oxygen atoms in total. The van der Waals surface area contributed by atoms with Gasteiger partial charge in [-0.1, -0.05) is 24.6 Å². The van der Waals surface area contributed by atoms with E-state index in [0.29, 0.717) is 34.7 Å². The van der Waals surface area contributed by atoms with Gasteiger partial charge >= 0.3 is 0 Å². The van der Waals surface area contributed by atoms with Gasteiger partial charge in [0.25, 0.3) is 11.5 Å². The van der Waals surface area contributed by atoms with Gasteiger partial charge in [0.15, 0.2) is 5.15 Å². The number of hydrogen-bond donors (Lipinski definition) is 2. The molecule has 0 bridgehead atoms. The Bertz CT molecular complexity index is 1060. The maximum Gasteiger partial charge on any atom is 0.269 e. The maximum absolute atomic E-state index is 12.1. The average Bonchev–Trinajstić information content (AvgIpc) is 3.29. The molecule has 0 saturated carbocycles. The van der Waals surface area contributed by atoms with Crippen LogP contribution < -0.4 is 15.8 Å². The highest BCUT2D eigenvalue weighted by molar-refractivity contribution is 6.32. The van der Waals surface area contributed by atoms with Gasteiger partial charge in [-0.2, -0.15) is 0 Å². The van der Waals surface area contributed by atoms with Crippen molar-refractivity contribution in [1.82, 2.24) is 25.2 Å². The van der Waals surface area contributed by atoms with E-state index in [4.69, 9.17) is 11.6 Å². The number of allylic oxidation sites excluding steroid dienone is 1. The standard InChI is InChI=1S/C22H27ClN6O2/c1-3-14-13-25-20(27-21(14)30)15-4-5-16(12-15)28-8-10-29(11-9-28)18-7-6-17(22(31)24-2)26-19(18)23/h6-7,12-13,16H,3-5,8-11H2,1-2H3,(H,24,31)(H,25,27,30). The van der Waals surface area contributed by atoms with Crippen molar-refractivity contribution in [3.63, 3.8) is 0 Å². The summed E-state index contributed by atoms with van der Waals surface area (Å²) in [5, 5.41) is 2.91. The number of aromatic amines is 1. The number of anilines is 1. The average molecular weight is 443 g/mol. The Balaban J connectivity index is 1.40. The molecular weight excluding hydrogens is 416 g/mol. The summed E-state index contributed by atoms with van der Waals surface area (Å²) in [5.74, 6) is 0.444. The summed E-state index contributed by atoms with van der Waals surface area (Å²) < 4.78 is 0. The molecular formula is C22H27ClN6O2. The molecule has 1 aliphatic carbocycles. The van der Waals surface area contributed by atoms with Gasteiger partial charge in [-0.05, 0) is 37.0 Å². The van der Waals surface area contributed by atoms with Crippen LogP contribution in [0.15, 0.2) is 29.2 Å². The van der Waals surface area contributed by atoms with E-state index < -0.39 is 0 Å². The largest absolute Gasteiger partial charge is 0.366 e. The number of aryl methyl sites for hydroxylation is 1.